The van der Waals surface area contributed by atoms with Crippen molar-refractivity contribution in [2.24, 2.45) is 0 Å². The van der Waals surface area contributed by atoms with Gasteiger partial charge in [-0.2, -0.15) is 5.26 Å². The first-order valence-electron chi connectivity index (χ1n) is 4.31. The lowest BCUT2D eigenvalue weighted by molar-refractivity contribution is 0.198. The lowest BCUT2D eigenvalue weighted by atomic mass is 10.3. The lowest BCUT2D eigenvalue weighted by Crippen LogP contribution is -2.27. The third-order valence-corrected chi connectivity index (χ3v) is 1.55. The topological polar surface area (TPSA) is 62.1 Å². The molecule has 0 radical (unpaired) electrons. The van der Waals surface area contributed by atoms with Crippen molar-refractivity contribution < 1.29 is 13.9 Å². The van der Waals surface area contributed by atoms with Gasteiger partial charge in [-0.05, 0) is 12.1 Å². The van der Waals surface area contributed by atoms with E-state index in [4.69, 9.17) is 5.26 Å². The third kappa shape index (κ3) is 3.65. The zero-order valence-electron chi connectivity index (χ0n) is 7.87. The molecular weight excluding hydrogens is 199 g/mol. The minimum Gasteiger partial charge on any atom is -0.407 e. The Morgan fingerprint density at radius 2 is 2.27 bits per heavy atom. The van der Waals surface area contributed by atoms with Gasteiger partial charge in [0.1, 0.15) is 0 Å². The highest BCUT2D eigenvalue weighted by molar-refractivity contribution is 5.70. The molecule has 0 aliphatic heterocycles. The molecule has 4 nitrogen and oxygen atoms in total. The van der Waals surface area contributed by atoms with Crippen LogP contribution in [0.4, 0.5) is 9.18 Å². The minimum atomic E-state index is -0.768. The van der Waals surface area contributed by atoms with Crippen molar-refractivity contribution in [2.75, 3.05) is 6.54 Å². The summed E-state index contributed by atoms with van der Waals surface area (Å²) in [5.74, 6) is -0.736. The number of nitrogens with one attached hydrogen (secondary N) is 1. The predicted molar refractivity (Wildman–Crippen MR) is 50.7 cm³/mol. The predicted octanol–water partition coefficient (Wildman–Crippen LogP) is 1.83. The molecule has 0 saturated carbocycles. The van der Waals surface area contributed by atoms with Gasteiger partial charge in [-0.1, -0.05) is 12.1 Å². The van der Waals surface area contributed by atoms with E-state index in [-0.39, 0.29) is 18.7 Å². The monoisotopic (exact) mass is 208 g/mol. The van der Waals surface area contributed by atoms with E-state index in [1.807, 2.05) is 6.07 Å². The Hall–Kier alpha value is -2.09. The van der Waals surface area contributed by atoms with E-state index in [2.05, 4.69) is 10.1 Å². The molecule has 0 aliphatic carbocycles. The highest BCUT2D eigenvalue weighted by atomic mass is 19.1. The Morgan fingerprint density at radius 3 is 2.93 bits per heavy atom. The maximum Gasteiger partial charge on any atom is 0.412 e. The highest BCUT2D eigenvalue weighted by Crippen LogP contribution is 2.15. The number of benzene rings is 1. The SMILES string of the molecule is N#CCCNC(=O)Oc1ccccc1F. The summed E-state index contributed by atoms with van der Waals surface area (Å²) < 4.78 is 17.6. The number of ether oxygens (including phenoxy) is 1. The van der Waals surface area contributed by atoms with Crippen molar-refractivity contribution in [1.29, 1.82) is 5.26 Å². The molecule has 1 rings (SSSR count). The molecule has 15 heavy (non-hydrogen) atoms. The largest absolute Gasteiger partial charge is 0.412 e. The van der Waals surface area contributed by atoms with Crippen molar-refractivity contribution in [1.82, 2.24) is 5.32 Å². The molecule has 0 atom stereocenters. The van der Waals surface area contributed by atoms with Gasteiger partial charge in [-0.15, -0.1) is 0 Å². The number of nitriles is 1. The molecule has 0 heterocycles. The molecule has 0 aliphatic rings. The maximum absolute atomic E-state index is 13.0. The van der Waals surface area contributed by atoms with E-state index < -0.39 is 11.9 Å². The molecule has 1 aromatic rings. The summed E-state index contributed by atoms with van der Waals surface area (Å²) in [5.41, 5.74) is 0. The molecule has 0 unspecified atom stereocenters. The standard InChI is InChI=1S/C10H9FN2O2/c11-8-4-1-2-5-9(8)15-10(14)13-7-3-6-12/h1-2,4-5H,3,7H2,(H,13,14). The van der Waals surface area contributed by atoms with Gasteiger partial charge >= 0.3 is 6.09 Å². The number of amides is 1. The normalized spacial score (nSPS) is 9.07. The second kappa shape index (κ2) is 5.60. The molecule has 78 valence electrons. The van der Waals surface area contributed by atoms with Crippen molar-refractivity contribution in [3.63, 3.8) is 0 Å². The molecule has 0 aromatic heterocycles. The Kier molecular flexibility index (Phi) is 4.10. The van der Waals surface area contributed by atoms with Crippen molar-refractivity contribution in [3.8, 4) is 11.8 Å². The summed E-state index contributed by atoms with van der Waals surface area (Å²) in [4.78, 5) is 11.0. The number of para-hydroxylation sites is 1. The third-order valence-electron chi connectivity index (χ3n) is 1.55. The van der Waals surface area contributed by atoms with Crippen LogP contribution in [0.15, 0.2) is 24.3 Å². The summed E-state index contributed by atoms with van der Waals surface area (Å²) >= 11 is 0. The Labute approximate surface area is 86.3 Å². The van der Waals surface area contributed by atoms with Crippen LogP contribution in [0.2, 0.25) is 0 Å². The van der Waals surface area contributed by atoms with Crippen LogP contribution in [-0.2, 0) is 0 Å². The van der Waals surface area contributed by atoms with Crippen LogP contribution in [0.5, 0.6) is 5.75 Å². The summed E-state index contributed by atoms with van der Waals surface area (Å²) in [6, 6.07) is 7.45. The Bertz CT molecular complexity index is 387. The van der Waals surface area contributed by atoms with Crippen LogP contribution in [-0.4, -0.2) is 12.6 Å². The van der Waals surface area contributed by atoms with E-state index in [1.54, 1.807) is 6.07 Å². The molecule has 0 saturated heterocycles. The van der Waals surface area contributed by atoms with Gasteiger partial charge in [-0.25, -0.2) is 9.18 Å². The first-order chi connectivity index (χ1) is 7.24. The Balaban J connectivity index is 2.45. The molecule has 0 fully saturated rings. The van der Waals surface area contributed by atoms with Gasteiger partial charge in [0, 0.05) is 6.54 Å². The average molecular weight is 208 g/mol. The van der Waals surface area contributed by atoms with E-state index in [1.165, 1.54) is 18.2 Å². The quantitative estimate of drug-likeness (QED) is 0.771. The van der Waals surface area contributed by atoms with Gasteiger partial charge in [0.15, 0.2) is 11.6 Å². The van der Waals surface area contributed by atoms with Crippen LogP contribution in [0.1, 0.15) is 6.42 Å². The number of hydrogen-bond donors (Lipinski definition) is 1. The van der Waals surface area contributed by atoms with Crippen molar-refractivity contribution >= 4 is 6.09 Å². The van der Waals surface area contributed by atoms with Crippen LogP contribution < -0.4 is 10.1 Å². The average Bonchev–Trinajstić information content (AvgIpc) is 2.22. The fraction of sp³-hybridized carbons (Fsp3) is 0.200. The van der Waals surface area contributed by atoms with Crippen LogP contribution in [0, 0.1) is 17.1 Å². The molecule has 0 bridgehead atoms. The zero-order valence-corrected chi connectivity index (χ0v) is 7.87. The lowest BCUT2D eigenvalue weighted by Gasteiger charge is -2.05. The van der Waals surface area contributed by atoms with Gasteiger partial charge < -0.3 is 10.1 Å². The molecule has 0 spiro atoms. The number of carbonyl (C=O) groups is 1. The summed E-state index contributed by atoms with van der Waals surface area (Å²) in [5, 5.41) is 10.5. The first kappa shape index (κ1) is 11.0. The fourth-order valence-electron chi connectivity index (χ4n) is 0.884. The summed E-state index contributed by atoms with van der Waals surface area (Å²) in [7, 11) is 0. The second-order valence-corrected chi connectivity index (χ2v) is 2.65. The second-order valence-electron chi connectivity index (χ2n) is 2.65. The zero-order chi connectivity index (χ0) is 11.1. The van der Waals surface area contributed by atoms with Gasteiger partial charge in [-0.3, -0.25) is 0 Å². The maximum atomic E-state index is 13.0. The number of halogens is 1. The van der Waals surface area contributed by atoms with Gasteiger partial charge in [0.25, 0.3) is 0 Å². The smallest absolute Gasteiger partial charge is 0.407 e. The number of nitrogens with zero attached hydrogens (tertiary/aromatic N) is 1. The minimum absolute atomic E-state index is 0.132. The highest BCUT2D eigenvalue weighted by Gasteiger charge is 2.07. The van der Waals surface area contributed by atoms with Crippen molar-refractivity contribution in [2.45, 2.75) is 6.42 Å². The number of hydrogen-bond acceptors (Lipinski definition) is 3. The summed E-state index contributed by atoms with van der Waals surface area (Å²) in [6.45, 7) is 0.184. The van der Waals surface area contributed by atoms with Gasteiger partial charge in [0.05, 0.1) is 12.5 Å². The number of rotatable bonds is 3. The van der Waals surface area contributed by atoms with E-state index >= 15 is 0 Å². The molecule has 5 heteroatoms. The van der Waals surface area contributed by atoms with Gasteiger partial charge in [0.2, 0.25) is 0 Å². The van der Waals surface area contributed by atoms with Crippen LogP contribution in [0.3, 0.4) is 0 Å². The Morgan fingerprint density at radius 1 is 1.53 bits per heavy atom. The van der Waals surface area contributed by atoms with Crippen LogP contribution in [0.25, 0.3) is 0 Å². The molecule has 1 aromatic carbocycles. The molecule has 1 N–H and O–H groups in total. The van der Waals surface area contributed by atoms with E-state index in [0.717, 1.165) is 0 Å². The number of carbonyl (C=O) groups excluding carboxylic acids is 1. The van der Waals surface area contributed by atoms with Crippen molar-refractivity contribution in [3.05, 3.63) is 30.1 Å². The fourth-order valence-corrected chi connectivity index (χ4v) is 0.884. The van der Waals surface area contributed by atoms with E-state index in [9.17, 15) is 9.18 Å². The van der Waals surface area contributed by atoms with Crippen LogP contribution >= 0.6 is 0 Å². The first-order valence-corrected chi connectivity index (χ1v) is 4.31. The molecule has 1 amide bonds. The van der Waals surface area contributed by atoms with E-state index in [0.29, 0.717) is 0 Å². The molecular formula is C10H9FN2O2. The summed E-state index contributed by atoms with van der Waals surface area (Å²) in [6.07, 6.45) is -0.581.